The molecule has 5 nitrogen and oxygen atoms in total. The molecule has 0 saturated carbocycles. The third-order valence-corrected chi connectivity index (χ3v) is 4.33. The number of nitrogens with zero attached hydrogens (tertiary/aromatic N) is 3. The van der Waals surface area contributed by atoms with Gasteiger partial charge in [0.05, 0.1) is 0 Å². The van der Waals surface area contributed by atoms with Gasteiger partial charge in [-0.05, 0) is 52.5 Å². The van der Waals surface area contributed by atoms with Gasteiger partial charge in [0.15, 0.2) is 5.96 Å². The molecular formula is C21H33N5. The Balaban J connectivity index is 1.72. The van der Waals surface area contributed by atoms with Crippen molar-refractivity contribution in [1.29, 1.82) is 0 Å². The Morgan fingerprint density at radius 1 is 1.08 bits per heavy atom. The van der Waals surface area contributed by atoms with Gasteiger partial charge in [-0.1, -0.05) is 29.3 Å². The molecule has 5 heteroatoms. The zero-order valence-corrected chi connectivity index (χ0v) is 16.7. The lowest BCUT2D eigenvalue weighted by molar-refractivity contribution is 0.600. The molecule has 2 rings (SSSR count). The predicted molar refractivity (Wildman–Crippen MR) is 110 cm³/mol. The molecule has 0 aliphatic carbocycles. The van der Waals surface area contributed by atoms with Crippen LogP contribution in [0.2, 0.25) is 0 Å². The maximum atomic E-state index is 4.69. The van der Waals surface area contributed by atoms with Crippen LogP contribution in [0.25, 0.3) is 0 Å². The fourth-order valence-corrected chi connectivity index (χ4v) is 3.11. The lowest BCUT2D eigenvalue weighted by Crippen LogP contribution is -2.38. The van der Waals surface area contributed by atoms with Gasteiger partial charge in [-0.2, -0.15) is 0 Å². The summed E-state index contributed by atoms with van der Waals surface area (Å²) >= 11 is 0. The van der Waals surface area contributed by atoms with Crippen molar-refractivity contribution in [2.45, 2.75) is 53.5 Å². The molecule has 0 saturated heterocycles. The zero-order chi connectivity index (χ0) is 18.8. The van der Waals surface area contributed by atoms with E-state index in [2.05, 4.69) is 59.2 Å². The Bertz CT molecular complexity index is 682. The number of benzene rings is 1. The van der Waals surface area contributed by atoms with Gasteiger partial charge < -0.3 is 15.2 Å². The van der Waals surface area contributed by atoms with Gasteiger partial charge in [-0.25, -0.2) is 4.98 Å². The largest absolute Gasteiger partial charge is 0.357 e. The third kappa shape index (κ3) is 6.90. The quantitative estimate of drug-likeness (QED) is 0.412. The maximum absolute atomic E-state index is 4.69. The van der Waals surface area contributed by atoms with E-state index in [1.54, 1.807) is 0 Å². The molecule has 0 unspecified atom stereocenters. The standard InChI is InChI=1S/C21H33N5/c1-5-22-21(24-9-6-7-12-26-13-11-23-19(26)4)25-10-8-20-15-17(2)14-18(3)16-20/h11,13-16H,5-10,12H2,1-4H3,(H2,22,24,25). The molecule has 1 aromatic heterocycles. The number of rotatable bonds is 9. The molecule has 0 atom stereocenters. The van der Waals surface area contributed by atoms with E-state index >= 15 is 0 Å². The van der Waals surface area contributed by atoms with Crippen molar-refractivity contribution in [3.8, 4) is 0 Å². The van der Waals surface area contributed by atoms with Crippen molar-refractivity contribution in [3.63, 3.8) is 0 Å². The summed E-state index contributed by atoms with van der Waals surface area (Å²) in [5.41, 5.74) is 4.03. The number of hydrogen-bond donors (Lipinski definition) is 2. The number of unbranched alkanes of at least 4 members (excludes halogenated alkanes) is 1. The molecule has 1 aromatic carbocycles. The van der Waals surface area contributed by atoms with Gasteiger partial charge >= 0.3 is 0 Å². The third-order valence-electron chi connectivity index (χ3n) is 4.33. The summed E-state index contributed by atoms with van der Waals surface area (Å²) in [7, 11) is 0. The first-order valence-corrected chi connectivity index (χ1v) is 9.65. The minimum absolute atomic E-state index is 0.840. The van der Waals surface area contributed by atoms with E-state index in [4.69, 9.17) is 4.99 Å². The number of aromatic nitrogens is 2. The van der Waals surface area contributed by atoms with Crippen LogP contribution in [-0.4, -0.2) is 35.1 Å². The van der Waals surface area contributed by atoms with Gasteiger partial charge in [0.2, 0.25) is 0 Å². The molecule has 142 valence electrons. The molecule has 0 bridgehead atoms. The van der Waals surface area contributed by atoms with Crippen LogP contribution in [0.15, 0.2) is 35.6 Å². The van der Waals surface area contributed by atoms with E-state index in [0.29, 0.717) is 0 Å². The Hall–Kier alpha value is -2.30. The van der Waals surface area contributed by atoms with E-state index in [1.807, 2.05) is 19.3 Å². The highest BCUT2D eigenvalue weighted by Gasteiger charge is 2.00. The second kappa shape index (κ2) is 10.6. The number of aryl methyl sites for hydroxylation is 4. The summed E-state index contributed by atoms with van der Waals surface area (Å²) in [6.07, 6.45) is 7.09. The van der Waals surface area contributed by atoms with Crippen LogP contribution in [0.5, 0.6) is 0 Å². The molecule has 1 heterocycles. The number of hydrogen-bond acceptors (Lipinski definition) is 2. The van der Waals surface area contributed by atoms with E-state index in [0.717, 1.165) is 57.2 Å². The van der Waals surface area contributed by atoms with Gasteiger partial charge in [0.25, 0.3) is 0 Å². The monoisotopic (exact) mass is 355 g/mol. The molecule has 0 amide bonds. The molecule has 0 fully saturated rings. The second-order valence-corrected chi connectivity index (χ2v) is 6.81. The molecule has 0 aliphatic rings. The zero-order valence-electron chi connectivity index (χ0n) is 16.7. The Kier molecular flexibility index (Phi) is 8.19. The van der Waals surface area contributed by atoms with E-state index in [-0.39, 0.29) is 0 Å². The fraction of sp³-hybridized carbons (Fsp3) is 0.524. The van der Waals surface area contributed by atoms with Crippen LogP contribution in [0, 0.1) is 20.8 Å². The number of aliphatic imine (C=N–C) groups is 1. The summed E-state index contributed by atoms with van der Waals surface area (Å²) in [6.45, 7) is 12.1. The van der Waals surface area contributed by atoms with Gasteiger partial charge in [0, 0.05) is 38.6 Å². The van der Waals surface area contributed by atoms with Gasteiger partial charge in [-0.15, -0.1) is 0 Å². The first kappa shape index (κ1) is 20.0. The first-order chi connectivity index (χ1) is 12.6. The minimum Gasteiger partial charge on any atom is -0.357 e. The van der Waals surface area contributed by atoms with Gasteiger partial charge in [0.1, 0.15) is 5.82 Å². The van der Waals surface area contributed by atoms with Crippen LogP contribution in [-0.2, 0) is 13.0 Å². The average molecular weight is 356 g/mol. The average Bonchev–Trinajstić information content (AvgIpc) is 2.99. The summed E-state index contributed by atoms with van der Waals surface area (Å²) in [4.78, 5) is 8.94. The lowest BCUT2D eigenvalue weighted by Gasteiger charge is -2.12. The highest BCUT2D eigenvalue weighted by molar-refractivity contribution is 5.79. The lowest BCUT2D eigenvalue weighted by atomic mass is 10.1. The smallest absolute Gasteiger partial charge is 0.191 e. The van der Waals surface area contributed by atoms with E-state index in [1.165, 1.54) is 16.7 Å². The van der Waals surface area contributed by atoms with Crippen molar-refractivity contribution in [2.75, 3.05) is 19.6 Å². The highest BCUT2D eigenvalue weighted by Crippen LogP contribution is 2.09. The van der Waals surface area contributed by atoms with Crippen LogP contribution >= 0.6 is 0 Å². The molecule has 2 N–H and O–H groups in total. The van der Waals surface area contributed by atoms with Crippen LogP contribution < -0.4 is 10.6 Å². The van der Waals surface area contributed by atoms with Crippen molar-refractivity contribution in [2.24, 2.45) is 4.99 Å². The normalized spacial score (nSPS) is 11.6. The summed E-state index contributed by atoms with van der Waals surface area (Å²) in [6, 6.07) is 6.74. The van der Waals surface area contributed by atoms with E-state index < -0.39 is 0 Å². The molecular weight excluding hydrogens is 322 g/mol. The molecule has 0 spiro atoms. The predicted octanol–water partition coefficient (Wildman–Crippen LogP) is 3.39. The first-order valence-electron chi connectivity index (χ1n) is 9.65. The summed E-state index contributed by atoms with van der Waals surface area (Å²) in [5.74, 6) is 1.99. The number of guanidine groups is 1. The molecule has 2 aromatic rings. The summed E-state index contributed by atoms with van der Waals surface area (Å²) in [5, 5.41) is 6.77. The molecule has 26 heavy (non-hydrogen) atoms. The number of nitrogens with one attached hydrogen (secondary N) is 2. The van der Waals surface area contributed by atoms with E-state index in [9.17, 15) is 0 Å². The maximum Gasteiger partial charge on any atom is 0.191 e. The molecule has 0 aliphatic heterocycles. The van der Waals surface area contributed by atoms with Crippen LogP contribution in [0.1, 0.15) is 42.3 Å². The molecule has 0 radical (unpaired) electrons. The fourth-order valence-electron chi connectivity index (χ4n) is 3.11. The minimum atomic E-state index is 0.840. The summed E-state index contributed by atoms with van der Waals surface area (Å²) < 4.78 is 2.19. The highest BCUT2D eigenvalue weighted by atomic mass is 15.2. The number of imidazole rings is 1. The van der Waals surface area contributed by atoms with Crippen molar-refractivity contribution < 1.29 is 0 Å². The van der Waals surface area contributed by atoms with Crippen molar-refractivity contribution >= 4 is 5.96 Å². The Morgan fingerprint density at radius 3 is 2.50 bits per heavy atom. The Labute approximate surface area is 158 Å². The SMILES string of the molecule is CCNC(=NCCCCn1ccnc1C)NCCc1cc(C)cc(C)c1. The van der Waals surface area contributed by atoms with Gasteiger partial charge in [-0.3, -0.25) is 4.99 Å². The second-order valence-electron chi connectivity index (χ2n) is 6.81. The topological polar surface area (TPSA) is 54.2 Å². The van der Waals surface area contributed by atoms with Crippen molar-refractivity contribution in [1.82, 2.24) is 20.2 Å². The van der Waals surface area contributed by atoms with Crippen LogP contribution in [0.3, 0.4) is 0 Å². The van der Waals surface area contributed by atoms with Crippen molar-refractivity contribution in [3.05, 3.63) is 53.1 Å². The van der Waals surface area contributed by atoms with Crippen LogP contribution in [0.4, 0.5) is 0 Å². The Morgan fingerprint density at radius 2 is 1.85 bits per heavy atom.